The van der Waals surface area contributed by atoms with E-state index in [-0.39, 0.29) is 42.8 Å². The molecule has 0 bridgehead atoms. The van der Waals surface area contributed by atoms with Crippen LogP contribution in [0.15, 0.2) is 24.3 Å². The van der Waals surface area contributed by atoms with Crippen molar-refractivity contribution in [1.82, 2.24) is 0 Å². The van der Waals surface area contributed by atoms with Crippen molar-refractivity contribution in [1.29, 1.82) is 0 Å². The van der Waals surface area contributed by atoms with Crippen LogP contribution in [-0.2, 0) is 26.2 Å². The zero-order chi connectivity index (χ0) is 24.5. The van der Waals surface area contributed by atoms with Crippen LogP contribution in [0, 0.1) is 0 Å². The minimum absolute atomic E-state index is 0. The number of alkyl halides is 6. The van der Waals surface area contributed by atoms with Crippen LogP contribution in [0.25, 0.3) is 17.2 Å². The molecule has 0 aliphatic carbocycles. The van der Waals surface area contributed by atoms with Gasteiger partial charge >= 0.3 is 37.8 Å². The fraction of sp³-hybridized carbons (Fsp3) is 0.737. The summed E-state index contributed by atoms with van der Waals surface area (Å²) >= 11 is 0. The molecular weight excluding hydrogens is 504 g/mol. The molecule has 0 radical (unpaired) electrons. The zero-order valence-electron chi connectivity index (χ0n) is 19.2. The summed E-state index contributed by atoms with van der Waals surface area (Å²) in [4.78, 5) is 0. The molecule has 0 heterocycles. The Bertz CT molecular complexity index is 464. The standard InChI is InChI=1S/C7H5F6Si.3C4H10N.Zr/c8-6(9,10)14(7(11,12)13)5-3-1-2-4-5;3*1-4(2,3)5;/h1-4,14H;3*5H,1-3H3;/q4*-1;+4. The van der Waals surface area contributed by atoms with Gasteiger partial charge in [-0.05, 0) is 0 Å². The monoisotopic (exact) mass is 537 g/mol. The molecule has 1 aromatic carbocycles. The van der Waals surface area contributed by atoms with Crippen LogP contribution in [0.5, 0.6) is 0 Å². The Morgan fingerprint density at radius 2 is 0.733 bits per heavy atom. The Kier molecular flexibility index (Phi) is 17.5. The molecule has 0 aromatic heterocycles. The number of hydrogen-bond acceptors (Lipinski definition) is 0. The molecule has 1 rings (SSSR count). The first-order valence-corrected chi connectivity index (χ1v) is 10.6. The average molecular weight is 539 g/mol. The van der Waals surface area contributed by atoms with Crippen LogP contribution >= 0.6 is 0 Å². The first-order valence-electron chi connectivity index (χ1n) is 8.83. The first kappa shape index (κ1) is 37.2. The van der Waals surface area contributed by atoms with Gasteiger partial charge in [0.05, 0.1) is 0 Å². The van der Waals surface area contributed by atoms with E-state index in [9.17, 15) is 26.3 Å². The minimum atomic E-state index is -5.16. The van der Waals surface area contributed by atoms with E-state index in [0.29, 0.717) is 0 Å². The smallest absolute Gasteiger partial charge is 0.673 e. The molecule has 0 atom stereocenters. The molecule has 0 saturated heterocycles. The summed E-state index contributed by atoms with van der Waals surface area (Å²) in [6, 6.07) is 4.09. The third kappa shape index (κ3) is 38.5. The van der Waals surface area contributed by atoms with Crippen molar-refractivity contribution < 1.29 is 52.5 Å². The molecule has 11 heteroatoms. The molecule has 0 unspecified atom stereocenters. The molecule has 176 valence electrons. The number of nitrogens with one attached hydrogen (secondary N) is 3. The van der Waals surface area contributed by atoms with E-state index < -0.39 is 25.6 Å². The summed E-state index contributed by atoms with van der Waals surface area (Å²) in [5, 5.41) is -0.634. The summed E-state index contributed by atoms with van der Waals surface area (Å²) in [6.07, 6.45) is 0. The fourth-order valence-electron chi connectivity index (χ4n) is 1.14. The summed E-state index contributed by atoms with van der Waals surface area (Å²) < 4.78 is 72.7. The van der Waals surface area contributed by atoms with Crippen molar-refractivity contribution >= 4 is 14.0 Å². The van der Waals surface area contributed by atoms with Crippen molar-refractivity contribution in [3.63, 3.8) is 0 Å². The van der Waals surface area contributed by atoms with Crippen molar-refractivity contribution in [2.45, 2.75) is 90.5 Å². The van der Waals surface area contributed by atoms with Gasteiger partial charge in [-0.2, -0.15) is 38.5 Å². The Balaban J connectivity index is -0.000000176. The van der Waals surface area contributed by atoms with Gasteiger partial charge in [-0.1, -0.05) is 62.3 Å². The van der Waals surface area contributed by atoms with Crippen LogP contribution in [0.1, 0.15) is 62.3 Å². The topological polar surface area (TPSA) is 71.4 Å². The van der Waals surface area contributed by atoms with Crippen molar-refractivity contribution in [2.75, 3.05) is 0 Å². The summed E-state index contributed by atoms with van der Waals surface area (Å²) in [7, 11) is -4.92. The van der Waals surface area contributed by atoms with Gasteiger partial charge in [0, 0.05) is 0 Å². The Morgan fingerprint density at radius 3 is 0.867 bits per heavy atom. The minimum Gasteiger partial charge on any atom is -0.673 e. The molecular formula is C19H35F6N3SiZr. The maximum atomic E-state index is 12.1. The Hall–Kier alpha value is -0.0900. The molecule has 0 spiro atoms. The van der Waals surface area contributed by atoms with Gasteiger partial charge in [-0.15, -0.1) is 21.8 Å². The quantitative estimate of drug-likeness (QED) is 0.201. The van der Waals surface area contributed by atoms with Gasteiger partial charge in [0.15, 0.2) is 0 Å². The Labute approximate surface area is 198 Å². The molecule has 3 nitrogen and oxygen atoms in total. The van der Waals surface area contributed by atoms with E-state index in [1.165, 1.54) is 12.1 Å². The molecule has 0 saturated carbocycles. The maximum Gasteiger partial charge on any atom is 4.00 e. The van der Waals surface area contributed by atoms with E-state index in [2.05, 4.69) is 0 Å². The summed E-state index contributed by atoms with van der Waals surface area (Å²) in [6.45, 7) is 16.7. The van der Waals surface area contributed by atoms with E-state index >= 15 is 0 Å². The number of hydrogen-bond donors (Lipinski definition) is 0. The molecule has 3 N–H and O–H groups in total. The van der Waals surface area contributed by atoms with Crippen molar-refractivity contribution in [2.24, 2.45) is 0 Å². The summed E-state index contributed by atoms with van der Waals surface area (Å²) in [5.74, 6) is -10.3. The van der Waals surface area contributed by atoms with Gasteiger partial charge in [0.1, 0.15) is 0 Å². The van der Waals surface area contributed by atoms with Crippen LogP contribution in [0.2, 0.25) is 0 Å². The maximum absolute atomic E-state index is 12.1. The van der Waals surface area contributed by atoms with Crippen LogP contribution in [0.3, 0.4) is 0 Å². The van der Waals surface area contributed by atoms with E-state index in [4.69, 9.17) is 17.2 Å². The zero-order valence-corrected chi connectivity index (χ0v) is 22.8. The van der Waals surface area contributed by atoms with Gasteiger partial charge < -0.3 is 17.2 Å². The van der Waals surface area contributed by atoms with Crippen molar-refractivity contribution in [3.8, 4) is 0 Å². The molecule has 0 fully saturated rings. The predicted molar refractivity (Wildman–Crippen MR) is 113 cm³/mol. The third-order valence-corrected chi connectivity index (χ3v) is 4.04. The molecule has 0 aliphatic rings. The Morgan fingerprint density at radius 1 is 0.567 bits per heavy atom. The first-order chi connectivity index (χ1) is 12.2. The van der Waals surface area contributed by atoms with Gasteiger partial charge in [0.25, 0.3) is 8.80 Å². The molecule has 1 aromatic rings. The second-order valence-corrected chi connectivity index (χ2v) is 12.3. The number of halogens is 6. The summed E-state index contributed by atoms with van der Waals surface area (Å²) in [5.41, 5.74) is 20.1. The van der Waals surface area contributed by atoms with Crippen LogP contribution in [-0.4, -0.2) is 37.0 Å². The van der Waals surface area contributed by atoms with E-state index in [1.54, 1.807) is 0 Å². The van der Waals surface area contributed by atoms with Gasteiger partial charge in [-0.3, -0.25) is 0 Å². The van der Waals surface area contributed by atoms with Crippen molar-refractivity contribution in [3.05, 3.63) is 41.5 Å². The second-order valence-electron chi connectivity index (χ2n) is 9.48. The largest absolute Gasteiger partial charge is 4.00 e. The predicted octanol–water partition coefficient (Wildman–Crippen LogP) is 7.55. The third-order valence-electron chi connectivity index (χ3n) is 1.68. The molecule has 0 amide bonds. The van der Waals surface area contributed by atoms with E-state index in [1.807, 2.05) is 62.3 Å². The SMILES string of the molecule is CC(C)(C)[NH-].CC(C)(C)[NH-].CC(C)(C)[NH-].FC(F)(F)[SiH]([c-]1cccc1)C(F)(F)F.[Zr+4]. The second kappa shape index (κ2) is 14.1. The van der Waals surface area contributed by atoms with Gasteiger partial charge in [-0.25, -0.2) is 12.1 Å². The molecule has 30 heavy (non-hydrogen) atoms. The normalized spacial score (nSPS) is 12.4. The number of rotatable bonds is 1. The average Bonchev–Trinajstić information content (AvgIpc) is 2.69. The molecule has 0 aliphatic heterocycles. The van der Waals surface area contributed by atoms with Crippen LogP contribution in [0.4, 0.5) is 26.3 Å². The van der Waals surface area contributed by atoms with Crippen LogP contribution < -0.4 is 5.19 Å². The van der Waals surface area contributed by atoms with E-state index in [0.717, 1.165) is 12.1 Å². The van der Waals surface area contributed by atoms with Gasteiger partial charge in [0.2, 0.25) is 0 Å². The fourth-order valence-corrected chi connectivity index (χ4v) is 2.88.